The molecule has 0 aromatic carbocycles. The molecule has 0 radical (unpaired) electrons. The second-order valence-electron chi connectivity index (χ2n) is 4.86. The largest absolute Gasteiger partial charge is 0.396 e. The van der Waals surface area contributed by atoms with Crippen molar-refractivity contribution >= 4 is 11.9 Å². The zero-order valence-electron chi connectivity index (χ0n) is 11.1. The third kappa shape index (κ3) is 2.55. The Morgan fingerprint density at radius 1 is 1.30 bits per heavy atom. The van der Waals surface area contributed by atoms with Gasteiger partial charge in [0.05, 0.1) is 0 Å². The van der Waals surface area contributed by atoms with Gasteiger partial charge in [-0.3, -0.25) is 0 Å². The third-order valence-electron chi connectivity index (χ3n) is 3.44. The molecule has 1 saturated heterocycles. The molecule has 8 heteroatoms. The molecule has 3 rings (SSSR count). The van der Waals surface area contributed by atoms with Crippen molar-refractivity contribution in [2.24, 2.45) is 5.92 Å². The summed E-state index contributed by atoms with van der Waals surface area (Å²) < 4.78 is 1.56. The first kappa shape index (κ1) is 12.8. The number of aliphatic hydroxyl groups excluding tert-OH is 1. The van der Waals surface area contributed by atoms with E-state index < -0.39 is 0 Å². The van der Waals surface area contributed by atoms with E-state index in [1.807, 2.05) is 0 Å². The zero-order chi connectivity index (χ0) is 13.9. The van der Waals surface area contributed by atoms with Gasteiger partial charge in [-0.05, 0) is 24.8 Å². The lowest BCUT2D eigenvalue weighted by Crippen LogP contribution is -2.24. The van der Waals surface area contributed by atoms with E-state index in [0.717, 1.165) is 25.9 Å². The molecular formula is C12H17N7O. The van der Waals surface area contributed by atoms with Gasteiger partial charge >= 0.3 is 0 Å². The normalized spacial score (nSPS) is 18.6. The maximum Gasteiger partial charge on any atom is 0.257 e. The molecule has 0 aliphatic carbocycles. The minimum absolute atomic E-state index is 0.186. The minimum atomic E-state index is 0.186. The van der Waals surface area contributed by atoms with E-state index in [1.165, 1.54) is 0 Å². The number of hydrogen-bond acceptors (Lipinski definition) is 7. The van der Waals surface area contributed by atoms with E-state index in [1.54, 1.807) is 23.1 Å². The van der Waals surface area contributed by atoms with Gasteiger partial charge in [-0.2, -0.15) is 20.1 Å². The highest BCUT2D eigenvalue weighted by atomic mass is 16.3. The Morgan fingerprint density at radius 2 is 2.15 bits per heavy atom. The van der Waals surface area contributed by atoms with Gasteiger partial charge in [0.25, 0.3) is 5.95 Å². The molecule has 1 fully saturated rings. The van der Waals surface area contributed by atoms with Crippen LogP contribution in [-0.4, -0.2) is 49.5 Å². The predicted octanol–water partition coefficient (Wildman–Crippen LogP) is -0.152. The van der Waals surface area contributed by atoms with E-state index >= 15 is 0 Å². The van der Waals surface area contributed by atoms with Crippen LogP contribution in [0.3, 0.4) is 0 Å². The molecule has 3 heterocycles. The number of aromatic nitrogens is 5. The van der Waals surface area contributed by atoms with Gasteiger partial charge in [0, 0.05) is 32.1 Å². The Bertz CT molecular complexity index is 571. The number of hydrogen-bond donors (Lipinski definition) is 2. The van der Waals surface area contributed by atoms with Crippen LogP contribution in [0.25, 0.3) is 5.95 Å². The van der Waals surface area contributed by atoms with Crippen molar-refractivity contribution in [1.29, 1.82) is 0 Å². The summed E-state index contributed by atoms with van der Waals surface area (Å²) in [4.78, 5) is 14.8. The molecule has 2 aromatic heterocycles. The summed E-state index contributed by atoms with van der Waals surface area (Å²) in [7, 11) is 0. The molecule has 20 heavy (non-hydrogen) atoms. The van der Waals surface area contributed by atoms with Gasteiger partial charge in [-0.25, -0.2) is 4.68 Å². The number of nitrogen functional groups attached to an aromatic ring is 1. The van der Waals surface area contributed by atoms with E-state index in [4.69, 9.17) is 10.8 Å². The van der Waals surface area contributed by atoms with Gasteiger partial charge in [-0.1, -0.05) is 0 Å². The molecule has 0 saturated carbocycles. The number of nitrogens with two attached hydrogens (primary N) is 1. The maximum atomic E-state index is 9.01. The Kier molecular flexibility index (Phi) is 3.46. The minimum Gasteiger partial charge on any atom is -0.396 e. The fraction of sp³-hybridized carbons (Fsp3) is 0.500. The molecule has 106 valence electrons. The first-order valence-electron chi connectivity index (χ1n) is 6.63. The van der Waals surface area contributed by atoms with E-state index in [2.05, 4.69) is 25.0 Å². The van der Waals surface area contributed by atoms with Gasteiger partial charge in [0.15, 0.2) is 0 Å². The van der Waals surface area contributed by atoms with Gasteiger partial charge in [0.2, 0.25) is 11.9 Å². The molecule has 1 aliphatic heterocycles. The van der Waals surface area contributed by atoms with Gasteiger partial charge < -0.3 is 15.7 Å². The van der Waals surface area contributed by atoms with Crippen LogP contribution in [0.1, 0.15) is 12.8 Å². The van der Waals surface area contributed by atoms with Crippen molar-refractivity contribution in [2.75, 3.05) is 30.3 Å². The van der Waals surface area contributed by atoms with Crippen molar-refractivity contribution in [3.8, 4) is 5.95 Å². The second-order valence-corrected chi connectivity index (χ2v) is 4.86. The predicted molar refractivity (Wildman–Crippen MR) is 73.4 cm³/mol. The lowest BCUT2D eigenvalue weighted by Gasteiger charge is -2.16. The van der Waals surface area contributed by atoms with Crippen molar-refractivity contribution < 1.29 is 5.11 Å². The lowest BCUT2D eigenvalue weighted by atomic mass is 10.1. The fourth-order valence-electron chi connectivity index (χ4n) is 2.43. The number of anilines is 2. The molecule has 3 N–H and O–H groups in total. The number of aliphatic hydroxyl groups is 1. The lowest BCUT2D eigenvalue weighted by molar-refractivity contribution is 0.263. The summed E-state index contributed by atoms with van der Waals surface area (Å²) in [6, 6.07) is 1.80. The topological polar surface area (TPSA) is 106 Å². The van der Waals surface area contributed by atoms with Crippen LogP contribution in [0.15, 0.2) is 18.5 Å². The highest BCUT2D eigenvalue weighted by Gasteiger charge is 2.24. The molecule has 2 aromatic rings. The Hall–Kier alpha value is -2.22. The Morgan fingerprint density at radius 3 is 2.90 bits per heavy atom. The first-order valence-corrected chi connectivity index (χ1v) is 6.63. The highest BCUT2D eigenvalue weighted by Crippen LogP contribution is 2.23. The van der Waals surface area contributed by atoms with Crippen LogP contribution in [0.5, 0.6) is 0 Å². The molecule has 1 unspecified atom stereocenters. The van der Waals surface area contributed by atoms with Crippen molar-refractivity contribution in [1.82, 2.24) is 24.7 Å². The van der Waals surface area contributed by atoms with Crippen LogP contribution in [0.2, 0.25) is 0 Å². The molecule has 0 bridgehead atoms. The SMILES string of the molecule is Nc1nc(N2CCC(CCO)C2)nc(-n2cccn2)n1. The summed E-state index contributed by atoms with van der Waals surface area (Å²) in [5.74, 6) is 1.66. The third-order valence-corrected chi connectivity index (χ3v) is 3.44. The van der Waals surface area contributed by atoms with Crippen LogP contribution < -0.4 is 10.6 Å². The quantitative estimate of drug-likeness (QED) is 0.799. The summed E-state index contributed by atoms with van der Waals surface area (Å²) in [5, 5.41) is 13.1. The van der Waals surface area contributed by atoms with Crippen LogP contribution >= 0.6 is 0 Å². The number of nitrogens with zero attached hydrogens (tertiary/aromatic N) is 6. The monoisotopic (exact) mass is 275 g/mol. The zero-order valence-corrected chi connectivity index (χ0v) is 11.1. The first-order chi connectivity index (χ1) is 9.76. The average molecular weight is 275 g/mol. The number of rotatable bonds is 4. The standard InChI is InChI=1S/C12H17N7O/c13-10-15-11(18-6-2-9(8-18)3-7-20)17-12(16-10)19-5-1-4-14-19/h1,4-5,9,20H,2-3,6-8H2,(H2,13,15,16,17). The van der Waals surface area contributed by atoms with Crippen molar-refractivity contribution in [3.05, 3.63) is 18.5 Å². The van der Waals surface area contributed by atoms with Crippen LogP contribution in [-0.2, 0) is 0 Å². The molecular weight excluding hydrogens is 258 g/mol. The smallest absolute Gasteiger partial charge is 0.257 e. The summed E-state index contributed by atoms with van der Waals surface area (Å²) in [5.41, 5.74) is 5.76. The Labute approximate surface area is 116 Å². The molecule has 1 aliphatic rings. The summed E-state index contributed by atoms with van der Waals surface area (Å²) in [6.07, 6.45) is 5.26. The average Bonchev–Trinajstić information content (AvgIpc) is 3.09. The molecule has 8 nitrogen and oxygen atoms in total. The van der Waals surface area contributed by atoms with Crippen molar-refractivity contribution in [2.45, 2.75) is 12.8 Å². The molecule has 0 spiro atoms. The van der Waals surface area contributed by atoms with Gasteiger partial charge in [0.1, 0.15) is 0 Å². The summed E-state index contributed by atoms with van der Waals surface area (Å²) in [6.45, 7) is 1.92. The highest BCUT2D eigenvalue weighted by molar-refractivity contribution is 5.38. The van der Waals surface area contributed by atoms with Gasteiger partial charge in [-0.15, -0.1) is 0 Å². The fourth-order valence-corrected chi connectivity index (χ4v) is 2.43. The van der Waals surface area contributed by atoms with Crippen LogP contribution in [0, 0.1) is 5.92 Å². The van der Waals surface area contributed by atoms with E-state index in [-0.39, 0.29) is 12.6 Å². The van der Waals surface area contributed by atoms with Crippen LogP contribution in [0.4, 0.5) is 11.9 Å². The Balaban J connectivity index is 1.84. The van der Waals surface area contributed by atoms with E-state index in [9.17, 15) is 0 Å². The summed E-state index contributed by atoms with van der Waals surface area (Å²) >= 11 is 0. The van der Waals surface area contributed by atoms with Crippen molar-refractivity contribution in [3.63, 3.8) is 0 Å². The molecule has 1 atom stereocenters. The molecule has 0 amide bonds. The van der Waals surface area contributed by atoms with E-state index in [0.29, 0.717) is 17.8 Å². The maximum absolute atomic E-state index is 9.01. The second kappa shape index (κ2) is 5.41.